The van der Waals surface area contributed by atoms with E-state index >= 15 is 0 Å². The van der Waals surface area contributed by atoms with Gasteiger partial charge in [0.05, 0.1) is 5.69 Å². The summed E-state index contributed by atoms with van der Waals surface area (Å²) in [6, 6.07) is 3.54. The fourth-order valence-electron chi connectivity index (χ4n) is 2.57. The maximum Gasteiger partial charge on any atom is 0.267 e. The van der Waals surface area contributed by atoms with Crippen molar-refractivity contribution in [2.75, 3.05) is 23.8 Å². The predicted octanol–water partition coefficient (Wildman–Crippen LogP) is 0.504. The average Bonchev–Trinajstić information content (AvgIpc) is 2.84. The lowest BCUT2D eigenvalue weighted by Gasteiger charge is -2.27. The maximum absolute atomic E-state index is 11.2. The molecule has 6 heteroatoms. The van der Waals surface area contributed by atoms with Crippen LogP contribution in [0.4, 0.5) is 11.5 Å². The third kappa shape index (κ3) is 2.96. The van der Waals surface area contributed by atoms with Gasteiger partial charge in [-0.15, -0.1) is 0 Å². The standard InChI is InChI=1S/C13H20N4O2/c14-10-5-6-11(12(15)19)16-13(10)17-7-1-3-9(17)4-2-8-18/h5-6,9,18H,1-4,7-8,14H2,(H2,15,19). The number of nitrogens with two attached hydrogens (primary N) is 2. The molecule has 1 unspecified atom stereocenters. The normalized spacial score (nSPS) is 18.8. The van der Waals surface area contributed by atoms with E-state index in [2.05, 4.69) is 9.88 Å². The van der Waals surface area contributed by atoms with Gasteiger partial charge in [-0.2, -0.15) is 0 Å². The lowest BCUT2D eigenvalue weighted by Crippen LogP contribution is -2.31. The van der Waals surface area contributed by atoms with Crippen LogP contribution >= 0.6 is 0 Å². The molecule has 0 radical (unpaired) electrons. The Balaban J connectivity index is 2.24. The van der Waals surface area contributed by atoms with Crippen LogP contribution in [0.2, 0.25) is 0 Å². The molecule has 0 spiro atoms. The van der Waals surface area contributed by atoms with Crippen molar-refractivity contribution >= 4 is 17.4 Å². The summed E-state index contributed by atoms with van der Waals surface area (Å²) in [5.41, 5.74) is 12.0. The molecule has 104 valence electrons. The highest BCUT2D eigenvalue weighted by Crippen LogP contribution is 2.30. The van der Waals surface area contributed by atoms with Gasteiger partial charge in [-0.05, 0) is 37.8 Å². The van der Waals surface area contributed by atoms with Gasteiger partial charge in [-0.25, -0.2) is 4.98 Å². The number of nitrogens with zero attached hydrogens (tertiary/aromatic N) is 2. The predicted molar refractivity (Wildman–Crippen MR) is 73.9 cm³/mol. The third-order valence-corrected chi connectivity index (χ3v) is 3.50. The first-order chi connectivity index (χ1) is 9.13. The zero-order valence-electron chi connectivity index (χ0n) is 10.9. The first-order valence-electron chi connectivity index (χ1n) is 6.57. The van der Waals surface area contributed by atoms with E-state index < -0.39 is 5.91 Å². The number of pyridine rings is 1. The average molecular weight is 264 g/mol. The van der Waals surface area contributed by atoms with Crippen LogP contribution < -0.4 is 16.4 Å². The van der Waals surface area contributed by atoms with Crippen molar-refractivity contribution in [3.05, 3.63) is 17.8 Å². The van der Waals surface area contributed by atoms with Crippen molar-refractivity contribution in [1.82, 2.24) is 4.98 Å². The minimum atomic E-state index is -0.549. The summed E-state index contributed by atoms with van der Waals surface area (Å²) in [6.07, 6.45) is 3.79. The van der Waals surface area contributed by atoms with Gasteiger partial charge in [-0.3, -0.25) is 4.79 Å². The molecule has 6 nitrogen and oxygen atoms in total. The Morgan fingerprint density at radius 1 is 1.53 bits per heavy atom. The minimum absolute atomic E-state index is 0.189. The van der Waals surface area contributed by atoms with Crippen molar-refractivity contribution in [3.63, 3.8) is 0 Å². The zero-order valence-corrected chi connectivity index (χ0v) is 10.9. The molecule has 0 aliphatic carbocycles. The molecule has 1 aliphatic heterocycles. The van der Waals surface area contributed by atoms with Gasteiger partial charge in [0, 0.05) is 19.2 Å². The molecule has 0 aromatic carbocycles. The quantitative estimate of drug-likeness (QED) is 0.718. The summed E-state index contributed by atoms with van der Waals surface area (Å²) in [5, 5.41) is 8.93. The number of aromatic nitrogens is 1. The number of rotatable bonds is 5. The molecule has 5 N–H and O–H groups in total. The van der Waals surface area contributed by atoms with E-state index in [1.807, 2.05) is 0 Å². The van der Waals surface area contributed by atoms with Crippen LogP contribution in [0.15, 0.2) is 12.1 Å². The highest BCUT2D eigenvalue weighted by Gasteiger charge is 2.27. The van der Waals surface area contributed by atoms with Crippen molar-refractivity contribution in [3.8, 4) is 0 Å². The fourth-order valence-corrected chi connectivity index (χ4v) is 2.57. The third-order valence-electron chi connectivity index (χ3n) is 3.50. The maximum atomic E-state index is 11.2. The van der Waals surface area contributed by atoms with Crippen LogP contribution in [0, 0.1) is 0 Å². The summed E-state index contributed by atoms with van der Waals surface area (Å²) in [7, 11) is 0. The molecule has 1 saturated heterocycles. The first kappa shape index (κ1) is 13.6. The molecular formula is C13H20N4O2. The molecule has 1 amide bonds. The van der Waals surface area contributed by atoms with Crippen LogP contribution in [0.1, 0.15) is 36.2 Å². The minimum Gasteiger partial charge on any atom is -0.396 e. The Morgan fingerprint density at radius 3 is 3.00 bits per heavy atom. The second-order valence-electron chi connectivity index (χ2n) is 4.83. The molecule has 19 heavy (non-hydrogen) atoms. The lowest BCUT2D eigenvalue weighted by molar-refractivity contribution is 0.0995. The topological polar surface area (TPSA) is 105 Å². The molecule has 1 aromatic rings. The number of primary amides is 1. The highest BCUT2D eigenvalue weighted by molar-refractivity contribution is 5.92. The van der Waals surface area contributed by atoms with Gasteiger partial charge in [-0.1, -0.05) is 0 Å². The van der Waals surface area contributed by atoms with Crippen molar-refractivity contribution in [1.29, 1.82) is 0 Å². The molecule has 1 fully saturated rings. The van der Waals surface area contributed by atoms with E-state index in [0.29, 0.717) is 17.5 Å². The summed E-state index contributed by atoms with van der Waals surface area (Å²) in [6.45, 7) is 1.06. The molecule has 1 aliphatic rings. The first-order valence-corrected chi connectivity index (χ1v) is 6.57. The summed E-state index contributed by atoms with van der Waals surface area (Å²) >= 11 is 0. The Hall–Kier alpha value is -1.82. The summed E-state index contributed by atoms with van der Waals surface area (Å²) < 4.78 is 0. The molecule has 2 heterocycles. The Morgan fingerprint density at radius 2 is 2.32 bits per heavy atom. The van der Waals surface area contributed by atoms with Crippen LogP contribution in [0.5, 0.6) is 0 Å². The molecular weight excluding hydrogens is 244 g/mol. The molecule has 1 atom stereocenters. The molecule has 2 rings (SSSR count). The monoisotopic (exact) mass is 264 g/mol. The van der Waals surface area contributed by atoms with Crippen LogP contribution in [-0.4, -0.2) is 35.2 Å². The Labute approximate surface area is 112 Å². The number of nitrogen functional groups attached to an aromatic ring is 1. The lowest BCUT2D eigenvalue weighted by atomic mass is 10.1. The van der Waals surface area contributed by atoms with E-state index in [1.54, 1.807) is 12.1 Å². The van der Waals surface area contributed by atoms with E-state index in [9.17, 15) is 4.79 Å². The number of hydrogen-bond donors (Lipinski definition) is 3. The second-order valence-corrected chi connectivity index (χ2v) is 4.83. The largest absolute Gasteiger partial charge is 0.396 e. The van der Waals surface area contributed by atoms with Gasteiger partial charge in [0.15, 0.2) is 5.82 Å². The van der Waals surface area contributed by atoms with Crippen molar-refractivity contribution < 1.29 is 9.90 Å². The van der Waals surface area contributed by atoms with Crippen LogP contribution in [-0.2, 0) is 0 Å². The number of aliphatic hydroxyl groups is 1. The Kier molecular flexibility index (Phi) is 4.21. The number of carbonyl (C=O) groups excluding carboxylic acids is 1. The summed E-state index contributed by atoms with van der Waals surface area (Å²) in [5.74, 6) is 0.0871. The van der Waals surface area contributed by atoms with E-state index in [1.165, 1.54) is 0 Å². The summed E-state index contributed by atoms with van der Waals surface area (Å²) in [4.78, 5) is 17.6. The fraction of sp³-hybridized carbons (Fsp3) is 0.538. The van der Waals surface area contributed by atoms with Gasteiger partial charge in [0.1, 0.15) is 5.69 Å². The number of hydrogen-bond acceptors (Lipinski definition) is 5. The second kappa shape index (κ2) is 5.88. The smallest absolute Gasteiger partial charge is 0.267 e. The molecule has 0 bridgehead atoms. The number of carbonyl (C=O) groups is 1. The number of amides is 1. The zero-order chi connectivity index (χ0) is 13.8. The molecule has 0 saturated carbocycles. The highest BCUT2D eigenvalue weighted by atomic mass is 16.2. The number of anilines is 2. The van der Waals surface area contributed by atoms with Gasteiger partial charge in [0.25, 0.3) is 5.91 Å². The van der Waals surface area contributed by atoms with E-state index in [0.717, 1.165) is 32.2 Å². The van der Waals surface area contributed by atoms with E-state index in [-0.39, 0.29) is 12.3 Å². The van der Waals surface area contributed by atoms with Crippen molar-refractivity contribution in [2.24, 2.45) is 5.73 Å². The molecule has 1 aromatic heterocycles. The SMILES string of the molecule is NC(=O)c1ccc(N)c(N2CCCC2CCCO)n1. The van der Waals surface area contributed by atoms with Gasteiger partial charge in [0.2, 0.25) is 0 Å². The van der Waals surface area contributed by atoms with E-state index in [4.69, 9.17) is 16.6 Å². The Bertz CT molecular complexity index is 464. The van der Waals surface area contributed by atoms with Crippen molar-refractivity contribution in [2.45, 2.75) is 31.7 Å². The van der Waals surface area contributed by atoms with Gasteiger partial charge < -0.3 is 21.5 Å². The van der Waals surface area contributed by atoms with Gasteiger partial charge >= 0.3 is 0 Å². The van der Waals surface area contributed by atoms with Crippen LogP contribution in [0.25, 0.3) is 0 Å². The van der Waals surface area contributed by atoms with Crippen LogP contribution in [0.3, 0.4) is 0 Å². The number of aliphatic hydroxyl groups excluding tert-OH is 1.